The Labute approximate surface area is 189 Å². The van der Waals surface area contributed by atoms with Gasteiger partial charge in [-0.15, -0.1) is 16.5 Å². The second-order valence-electron chi connectivity index (χ2n) is 6.49. The Kier molecular flexibility index (Phi) is 5.71. The molecule has 0 aliphatic carbocycles. The summed E-state index contributed by atoms with van der Waals surface area (Å²) < 4.78 is 24.9. The molecule has 31 heavy (non-hydrogen) atoms. The van der Waals surface area contributed by atoms with Gasteiger partial charge in [0.15, 0.2) is 5.69 Å². The molecule has 4 aromatic rings. The van der Waals surface area contributed by atoms with Crippen molar-refractivity contribution < 1.29 is 8.42 Å². The smallest absolute Gasteiger partial charge is 0.291 e. The molecule has 3 N–H and O–H groups in total. The minimum Gasteiger partial charge on any atom is -0.291 e. The number of thiazole rings is 1. The van der Waals surface area contributed by atoms with Crippen molar-refractivity contribution >= 4 is 48.7 Å². The Morgan fingerprint density at radius 2 is 1.77 bits per heavy atom. The van der Waals surface area contributed by atoms with Crippen molar-refractivity contribution in [1.29, 1.82) is 0 Å². The van der Waals surface area contributed by atoms with E-state index in [1.54, 1.807) is 6.92 Å². The molecule has 12 heteroatoms. The van der Waals surface area contributed by atoms with Crippen LogP contribution < -0.4 is 10.7 Å². The molecule has 0 atom stereocenters. The molecule has 0 unspecified atom stereocenters. The Bertz CT molecular complexity index is 1440. The number of aromatic amines is 1. The van der Waals surface area contributed by atoms with E-state index >= 15 is 0 Å². The Morgan fingerprint density at radius 1 is 1.10 bits per heavy atom. The van der Waals surface area contributed by atoms with Crippen LogP contribution in [0.15, 0.2) is 78.3 Å². The van der Waals surface area contributed by atoms with Gasteiger partial charge in [-0.1, -0.05) is 28.1 Å². The highest BCUT2D eigenvalue weighted by Gasteiger charge is 2.15. The van der Waals surface area contributed by atoms with E-state index < -0.39 is 10.0 Å². The van der Waals surface area contributed by atoms with Gasteiger partial charge in [0.25, 0.3) is 0 Å². The van der Waals surface area contributed by atoms with Crippen LogP contribution in [0.2, 0.25) is 0 Å². The fourth-order valence-electron chi connectivity index (χ4n) is 2.72. The second kappa shape index (κ2) is 8.30. The lowest BCUT2D eigenvalue weighted by molar-refractivity contribution is 0.598. The number of nitrogens with one attached hydrogen (secondary N) is 1. The summed E-state index contributed by atoms with van der Waals surface area (Å²) in [7, 11) is -3.79. The number of nitrogens with two attached hydrogens (primary N) is 1. The highest BCUT2D eigenvalue weighted by atomic mass is 79.9. The molecule has 0 bridgehead atoms. The Morgan fingerprint density at radius 3 is 2.42 bits per heavy atom. The van der Waals surface area contributed by atoms with E-state index in [1.165, 1.54) is 40.3 Å². The van der Waals surface area contributed by atoms with Crippen molar-refractivity contribution in [3.8, 4) is 16.4 Å². The molecule has 0 saturated heterocycles. The summed E-state index contributed by atoms with van der Waals surface area (Å²) in [6, 6.07) is 13.3. The number of nitrogens with zero attached hydrogens (tertiary/aromatic N) is 4. The number of H-pyrrole nitrogens is 1. The third kappa shape index (κ3) is 4.56. The summed E-state index contributed by atoms with van der Waals surface area (Å²) in [5, 5.41) is 18.5. The zero-order valence-corrected chi connectivity index (χ0v) is 19.2. The third-order valence-electron chi connectivity index (χ3n) is 4.29. The zero-order chi connectivity index (χ0) is 22.2. The predicted octanol–water partition coefficient (Wildman–Crippen LogP) is 4.42. The highest BCUT2D eigenvalue weighted by Crippen LogP contribution is 2.26. The number of aromatic nitrogens is 3. The highest BCUT2D eigenvalue weighted by molar-refractivity contribution is 9.10. The van der Waals surface area contributed by atoms with Gasteiger partial charge in [-0.25, -0.2) is 18.5 Å². The molecule has 0 aliphatic heterocycles. The number of benzene rings is 2. The number of sulfonamides is 1. The third-order valence-corrected chi connectivity index (χ3v) is 6.58. The fourth-order valence-corrected chi connectivity index (χ4v) is 4.29. The monoisotopic (exact) mass is 518 g/mol. The summed E-state index contributed by atoms with van der Waals surface area (Å²) in [5.41, 5.74) is 2.34. The lowest BCUT2D eigenvalue weighted by atomic mass is 10.2. The molecule has 2 heterocycles. The number of aryl methyl sites for hydroxylation is 1. The minimum atomic E-state index is -3.79. The number of hydrogen-bond acceptors (Lipinski definition) is 7. The van der Waals surface area contributed by atoms with Gasteiger partial charge in [0.05, 0.1) is 22.0 Å². The van der Waals surface area contributed by atoms with E-state index in [0.717, 1.165) is 15.7 Å². The number of halogens is 1. The number of hydrogen-bond donors (Lipinski definition) is 2. The topological polar surface area (TPSA) is 136 Å². The molecule has 2 aromatic carbocycles. The summed E-state index contributed by atoms with van der Waals surface area (Å²) in [4.78, 5) is 17.3. The van der Waals surface area contributed by atoms with Crippen molar-refractivity contribution in [3.05, 3.63) is 74.4 Å². The molecule has 0 aliphatic rings. The van der Waals surface area contributed by atoms with E-state index in [0.29, 0.717) is 16.5 Å². The molecule has 0 fully saturated rings. The van der Waals surface area contributed by atoms with E-state index in [9.17, 15) is 13.2 Å². The van der Waals surface area contributed by atoms with Gasteiger partial charge in [-0.2, -0.15) is 9.80 Å². The van der Waals surface area contributed by atoms with Crippen LogP contribution in [0.4, 0.5) is 11.4 Å². The van der Waals surface area contributed by atoms with Crippen molar-refractivity contribution in [1.82, 2.24) is 14.8 Å². The fraction of sp³-hybridized carbons (Fsp3) is 0.0526. The van der Waals surface area contributed by atoms with Gasteiger partial charge in [-0.3, -0.25) is 9.89 Å². The summed E-state index contributed by atoms with van der Waals surface area (Å²) in [5.74, 6) is 0. The van der Waals surface area contributed by atoms with Crippen molar-refractivity contribution in [2.24, 2.45) is 15.4 Å². The van der Waals surface area contributed by atoms with Gasteiger partial charge in [0, 0.05) is 15.4 Å². The Balaban J connectivity index is 1.62. The molecule has 2 aromatic heterocycles. The molecule has 0 spiro atoms. The summed E-state index contributed by atoms with van der Waals surface area (Å²) in [6.07, 6.45) is 0. The first-order chi connectivity index (χ1) is 14.7. The molecule has 4 rings (SSSR count). The first-order valence-corrected chi connectivity index (χ1v) is 12.0. The average Bonchev–Trinajstić information content (AvgIpc) is 3.32. The molecule has 0 radical (unpaired) electrons. The molecule has 0 amide bonds. The molecule has 9 nitrogen and oxygen atoms in total. The summed E-state index contributed by atoms with van der Waals surface area (Å²) in [6.45, 7) is 1.71. The van der Waals surface area contributed by atoms with Crippen LogP contribution >= 0.6 is 27.3 Å². The van der Waals surface area contributed by atoms with Gasteiger partial charge in [0.1, 0.15) is 0 Å². The van der Waals surface area contributed by atoms with E-state index in [-0.39, 0.29) is 16.1 Å². The van der Waals surface area contributed by atoms with Gasteiger partial charge in [-0.05, 0) is 43.3 Å². The Hall–Kier alpha value is -2.93. The first-order valence-electron chi connectivity index (χ1n) is 8.80. The lowest BCUT2D eigenvalue weighted by Gasteiger charge is -1.97. The van der Waals surface area contributed by atoms with Gasteiger partial charge < -0.3 is 0 Å². The molecule has 158 valence electrons. The SMILES string of the molecule is Cc1[nH]n(-c2nc(-c3ccc(Br)cc3)cs2)c(=O)c1N=Nc1ccc(S(N)(=O)=O)cc1. The number of rotatable bonds is 5. The second-order valence-corrected chi connectivity index (χ2v) is 9.80. The lowest BCUT2D eigenvalue weighted by Crippen LogP contribution is -2.13. The van der Waals surface area contributed by atoms with E-state index in [2.05, 4.69) is 36.2 Å². The largest absolute Gasteiger partial charge is 0.301 e. The number of azo groups is 1. The van der Waals surface area contributed by atoms with Crippen molar-refractivity contribution in [3.63, 3.8) is 0 Å². The average molecular weight is 519 g/mol. The first kappa shape index (κ1) is 21.3. The van der Waals surface area contributed by atoms with Gasteiger partial charge in [0.2, 0.25) is 15.2 Å². The van der Waals surface area contributed by atoms with Crippen LogP contribution in [-0.4, -0.2) is 23.2 Å². The van der Waals surface area contributed by atoms with Crippen LogP contribution in [0.1, 0.15) is 5.69 Å². The quantitative estimate of drug-likeness (QED) is 0.377. The normalized spacial score (nSPS) is 12.0. The minimum absolute atomic E-state index is 0.0306. The zero-order valence-electron chi connectivity index (χ0n) is 16.0. The van der Waals surface area contributed by atoms with Crippen LogP contribution in [-0.2, 0) is 10.0 Å². The van der Waals surface area contributed by atoms with Crippen molar-refractivity contribution in [2.45, 2.75) is 11.8 Å². The van der Waals surface area contributed by atoms with Gasteiger partial charge >= 0.3 is 5.56 Å². The molecular formula is C19H15BrN6O3S2. The maximum atomic E-state index is 12.8. The summed E-state index contributed by atoms with van der Waals surface area (Å²) >= 11 is 4.73. The standard InChI is InChI=1S/C19H15BrN6O3S2/c1-11-17(24-23-14-6-8-15(9-7-14)31(21,28)29)18(27)26(25-11)19-22-16(10-30-19)12-2-4-13(20)5-3-12/h2-10,25H,1H3,(H2,21,28,29). The molecule has 0 saturated carbocycles. The molecular weight excluding hydrogens is 504 g/mol. The maximum Gasteiger partial charge on any atom is 0.301 e. The van der Waals surface area contributed by atoms with Crippen LogP contribution in [0.3, 0.4) is 0 Å². The van der Waals surface area contributed by atoms with Crippen LogP contribution in [0.25, 0.3) is 16.4 Å². The maximum absolute atomic E-state index is 12.8. The predicted molar refractivity (Wildman–Crippen MR) is 122 cm³/mol. The van der Waals surface area contributed by atoms with E-state index in [4.69, 9.17) is 5.14 Å². The van der Waals surface area contributed by atoms with Crippen LogP contribution in [0, 0.1) is 6.92 Å². The van der Waals surface area contributed by atoms with Crippen molar-refractivity contribution in [2.75, 3.05) is 0 Å². The van der Waals surface area contributed by atoms with E-state index in [1.807, 2.05) is 29.6 Å². The number of primary sulfonamides is 1. The van der Waals surface area contributed by atoms with Crippen LogP contribution in [0.5, 0.6) is 0 Å².